The van der Waals surface area contributed by atoms with E-state index in [4.69, 9.17) is 10.7 Å². The molecule has 1 unspecified atom stereocenters. The van der Waals surface area contributed by atoms with Gasteiger partial charge in [0.05, 0.1) is 5.56 Å². The van der Waals surface area contributed by atoms with Crippen molar-refractivity contribution in [2.75, 3.05) is 6.54 Å². The molecular weight excluding hydrogens is 330 g/mol. The maximum absolute atomic E-state index is 12.6. The largest absolute Gasteiger partial charge is 0.335 e. The van der Waals surface area contributed by atoms with Crippen LogP contribution in [0.15, 0.2) is 15.7 Å². The average Bonchev–Trinajstić information content (AvgIpc) is 3.16. The Bertz CT molecular complexity index is 634. The molecule has 3 rings (SSSR count). The Morgan fingerprint density at radius 1 is 1.24 bits per heavy atom. The van der Waals surface area contributed by atoms with Gasteiger partial charge in [-0.15, -0.1) is 11.3 Å². The van der Waals surface area contributed by atoms with E-state index in [-0.39, 0.29) is 10.1 Å². The lowest BCUT2D eigenvalue weighted by atomic mass is 9.96. The molecule has 1 atom stereocenters. The number of rotatable bonds is 3. The molecule has 7 heteroatoms. The molecule has 0 N–H and O–H groups in total. The fraction of sp³-hybridized carbons (Fsp3) is 0.643. The van der Waals surface area contributed by atoms with Gasteiger partial charge < -0.3 is 4.90 Å². The van der Waals surface area contributed by atoms with E-state index in [9.17, 15) is 13.2 Å². The smallest absolute Gasteiger partial charge is 0.270 e. The van der Waals surface area contributed by atoms with E-state index in [0.717, 1.165) is 30.7 Å². The molecule has 116 valence electrons. The van der Waals surface area contributed by atoms with Crippen LogP contribution in [0, 0.1) is 5.92 Å². The van der Waals surface area contributed by atoms with Crippen molar-refractivity contribution in [3.05, 3.63) is 17.0 Å². The number of likely N-dealkylation sites (tertiary alicyclic amines) is 1. The Hall–Kier alpha value is -0.590. The van der Waals surface area contributed by atoms with Gasteiger partial charge in [0, 0.05) is 28.6 Å². The molecule has 1 saturated carbocycles. The molecule has 21 heavy (non-hydrogen) atoms. The van der Waals surface area contributed by atoms with Crippen molar-refractivity contribution in [2.24, 2.45) is 5.92 Å². The van der Waals surface area contributed by atoms with Crippen LogP contribution in [0.2, 0.25) is 0 Å². The second-order valence-corrected chi connectivity index (χ2v) is 9.55. The standard InChI is InChI=1S/C14H18ClNO3S2/c15-21(18,19)13-8-11(9-20-13)14(17)16-7-3-6-12(16)10-4-1-2-5-10/h8-10,12H,1-7H2. The summed E-state index contributed by atoms with van der Waals surface area (Å²) in [4.78, 5) is 14.6. The number of nitrogens with zero attached hydrogens (tertiary/aromatic N) is 1. The minimum atomic E-state index is -3.75. The molecule has 1 amide bonds. The first-order valence-electron chi connectivity index (χ1n) is 7.31. The molecule has 1 aliphatic carbocycles. The second-order valence-electron chi connectivity index (χ2n) is 5.84. The molecule has 1 aromatic heterocycles. The van der Waals surface area contributed by atoms with Gasteiger partial charge in [-0.05, 0) is 37.7 Å². The summed E-state index contributed by atoms with van der Waals surface area (Å²) in [6.45, 7) is 0.777. The number of hydrogen-bond donors (Lipinski definition) is 0. The highest BCUT2D eigenvalue weighted by Crippen LogP contribution is 2.36. The zero-order valence-electron chi connectivity index (χ0n) is 11.6. The summed E-state index contributed by atoms with van der Waals surface area (Å²) in [6.07, 6.45) is 7.05. The van der Waals surface area contributed by atoms with Crippen molar-refractivity contribution >= 4 is 37.0 Å². The van der Waals surface area contributed by atoms with Crippen LogP contribution in [0.5, 0.6) is 0 Å². The number of carbonyl (C=O) groups excluding carboxylic acids is 1. The van der Waals surface area contributed by atoms with Crippen molar-refractivity contribution in [1.29, 1.82) is 0 Å². The third kappa shape index (κ3) is 3.12. The predicted octanol–water partition coefficient (Wildman–Crippen LogP) is 3.47. The molecule has 2 heterocycles. The third-order valence-corrected chi connectivity index (χ3v) is 7.61. The number of amides is 1. The summed E-state index contributed by atoms with van der Waals surface area (Å²) >= 11 is 1.01. The summed E-state index contributed by atoms with van der Waals surface area (Å²) in [6, 6.07) is 1.73. The number of carbonyl (C=O) groups is 1. The zero-order chi connectivity index (χ0) is 15.0. The quantitative estimate of drug-likeness (QED) is 0.787. The van der Waals surface area contributed by atoms with Crippen LogP contribution in [0.3, 0.4) is 0 Å². The van der Waals surface area contributed by atoms with Gasteiger partial charge >= 0.3 is 0 Å². The number of hydrogen-bond acceptors (Lipinski definition) is 4. The molecule has 1 aliphatic heterocycles. The zero-order valence-corrected chi connectivity index (χ0v) is 14.0. The van der Waals surface area contributed by atoms with Gasteiger partial charge in [0.1, 0.15) is 4.21 Å². The summed E-state index contributed by atoms with van der Waals surface area (Å²) in [5, 5.41) is 1.60. The molecule has 1 saturated heterocycles. The van der Waals surface area contributed by atoms with Gasteiger partial charge in [-0.2, -0.15) is 0 Å². The predicted molar refractivity (Wildman–Crippen MR) is 83.4 cm³/mol. The van der Waals surface area contributed by atoms with E-state index in [1.165, 1.54) is 31.7 Å². The van der Waals surface area contributed by atoms with E-state index in [1.54, 1.807) is 5.38 Å². The third-order valence-electron chi connectivity index (χ3n) is 4.57. The molecule has 1 aromatic rings. The Labute approximate surface area is 133 Å². The first-order chi connectivity index (χ1) is 9.97. The second kappa shape index (κ2) is 5.89. The van der Waals surface area contributed by atoms with Crippen molar-refractivity contribution in [2.45, 2.75) is 48.8 Å². The molecule has 0 bridgehead atoms. The highest BCUT2D eigenvalue weighted by Gasteiger charge is 2.36. The summed E-state index contributed by atoms with van der Waals surface area (Å²) in [5.74, 6) is 0.568. The first kappa shape index (κ1) is 15.3. The Morgan fingerprint density at radius 2 is 1.95 bits per heavy atom. The van der Waals surface area contributed by atoms with Crippen molar-refractivity contribution in [3.63, 3.8) is 0 Å². The monoisotopic (exact) mass is 347 g/mol. The van der Waals surface area contributed by atoms with Crippen molar-refractivity contribution in [3.8, 4) is 0 Å². The van der Waals surface area contributed by atoms with E-state index in [0.29, 0.717) is 17.5 Å². The van der Waals surface area contributed by atoms with Crippen molar-refractivity contribution in [1.82, 2.24) is 4.90 Å². The van der Waals surface area contributed by atoms with Crippen LogP contribution >= 0.6 is 22.0 Å². The molecule has 4 nitrogen and oxygen atoms in total. The van der Waals surface area contributed by atoms with Crippen molar-refractivity contribution < 1.29 is 13.2 Å². The highest BCUT2D eigenvalue weighted by molar-refractivity contribution is 8.15. The minimum absolute atomic E-state index is 0.0455. The normalized spacial score (nSPS) is 23.9. The minimum Gasteiger partial charge on any atom is -0.335 e. The number of halogens is 1. The number of thiophene rings is 1. The first-order valence-corrected chi connectivity index (χ1v) is 10.5. The Morgan fingerprint density at radius 3 is 2.57 bits per heavy atom. The van der Waals surface area contributed by atoms with Gasteiger partial charge in [-0.3, -0.25) is 4.79 Å². The highest BCUT2D eigenvalue weighted by atomic mass is 35.7. The van der Waals surface area contributed by atoms with Crippen LogP contribution in [0.25, 0.3) is 0 Å². The van der Waals surface area contributed by atoms with Gasteiger partial charge in [-0.25, -0.2) is 8.42 Å². The van der Waals surface area contributed by atoms with E-state index in [1.807, 2.05) is 4.90 Å². The van der Waals surface area contributed by atoms with Gasteiger partial charge in [0.2, 0.25) is 0 Å². The fourth-order valence-corrected chi connectivity index (χ4v) is 5.54. The van der Waals surface area contributed by atoms with Crippen LogP contribution in [0.1, 0.15) is 48.9 Å². The lowest BCUT2D eigenvalue weighted by molar-refractivity contribution is 0.0689. The lowest BCUT2D eigenvalue weighted by Crippen LogP contribution is -2.39. The van der Waals surface area contributed by atoms with E-state index < -0.39 is 9.05 Å². The van der Waals surface area contributed by atoms with Gasteiger partial charge in [-0.1, -0.05) is 12.8 Å². The summed E-state index contributed by atoms with van der Waals surface area (Å²) in [5.41, 5.74) is 0.448. The molecule has 0 spiro atoms. The SMILES string of the molecule is O=C(c1csc(S(=O)(=O)Cl)c1)N1CCCC1C1CCCC1. The maximum Gasteiger partial charge on any atom is 0.270 e. The topological polar surface area (TPSA) is 54.5 Å². The molecule has 0 aromatic carbocycles. The molecule has 0 radical (unpaired) electrons. The lowest BCUT2D eigenvalue weighted by Gasteiger charge is -2.29. The van der Waals surface area contributed by atoms with Crippen LogP contribution < -0.4 is 0 Å². The van der Waals surface area contributed by atoms with Crippen LogP contribution in [0.4, 0.5) is 0 Å². The van der Waals surface area contributed by atoms with E-state index in [2.05, 4.69) is 0 Å². The molecular formula is C14H18ClNO3S2. The summed E-state index contributed by atoms with van der Waals surface area (Å²) < 4.78 is 22.7. The average molecular weight is 348 g/mol. The Kier molecular flexibility index (Phi) is 4.30. The molecule has 2 fully saturated rings. The maximum atomic E-state index is 12.6. The summed E-state index contributed by atoms with van der Waals surface area (Å²) in [7, 11) is 1.58. The van der Waals surface area contributed by atoms with Crippen LogP contribution in [-0.4, -0.2) is 31.8 Å². The van der Waals surface area contributed by atoms with Crippen LogP contribution in [-0.2, 0) is 9.05 Å². The van der Waals surface area contributed by atoms with Gasteiger partial charge in [0.15, 0.2) is 0 Å². The van der Waals surface area contributed by atoms with Gasteiger partial charge in [0.25, 0.3) is 15.0 Å². The molecule has 2 aliphatic rings. The van der Waals surface area contributed by atoms with E-state index >= 15 is 0 Å². The fourth-order valence-electron chi connectivity index (χ4n) is 3.60. The Balaban J connectivity index is 1.79.